The number of hydrogen-bond acceptors (Lipinski definition) is 2. The van der Waals surface area contributed by atoms with Crippen LogP contribution in [0.4, 0.5) is 0 Å². The van der Waals surface area contributed by atoms with E-state index in [-0.39, 0.29) is 11.9 Å². The van der Waals surface area contributed by atoms with Crippen molar-refractivity contribution in [1.29, 1.82) is 0 Å². The van der Waals surface area contributed by atoms with Crippen molar-refractivity contribution in [2.75, 3.05) is 19.6 Å². The van der Waals surface area contributed by atoms with E-state index in [9.17, 15) is 9.59 Å². The zero-order chi connectivity index (χ0) is 12.3. The molecular formula is C13H16N2O2. The van der Waals surface area contributed by atoms with E-state index in [1.807, 2.05) is 37.3 Å². The van der Waals surface area contributed by atoms with Gasteiger partial charge in [0.25, 0.3) is 5.91 Å². The van der Waals surface area contributed by atoms with Gasteiger partial charge in [-0.25, -0.2) is 0 Å². The molecule has 17 heavy (non-hydrogen) atoms. The molecule has 1 heterocycles. The van der Waals surface area contributed by atoms with E-state index in [4.69, 9.17) is 0 Å². The summed E-state index contributed by atoms with van der Waals surface area (Å²) in [5.41, 5.74) is 0.708. The van der Waals surface area contributed by atoms with Gasteiger partial charge in [-0.05, 0) is 19.1 Å². The summed E-state index contributed by atoms with van der Waals surface area (Å²) in [4.78, 5) is 26.4. The molecule has 1 aromatic rings. The molecule has 1 aliphatic rings. The Balaban J connectivity index is 2.05. The van der Waals surface area contributed by atoms with Crippen LogP contribution in [0.5, 0.6) is 0 Å². The first-order chi connectivity index (χ1) is 8.22. The lowest BCUT2D eigenvalue weighted by molar-refractivity contribution is -0.121. The molecule has 0 bridgehead atoms. The molecule has 1 aliphatic heterocycles. The van der Waals surface area contributed by atoms with Gasteiger partial charge < -0.3 is 9.80 Å². The average Bonchev–Trinajstić information content (AvgIpc) is 2.39. The van der Waals surface area contributed by atoms with Crippen molar-refractivity contribution in [2.24, 2.45) is 0 Å². The molecular weight excluding hydrogens is 216 g/mol. The molecule has 1 unspecified atom stereocenters. The van der Waals surface area contributed by atoms with Crippen LogP contribution in [-0.2, 0) is 4.79 Å². The van der Waals surface area contributed by atoms with Gasteiger partial charge in [-0.15, -0.1) is 0 Å². The Morgan fingerprint density at radius 2 is 2.00 bits per heavy atom. The first kappa shape index (κ1) is 11.6. The van der Waals surface area contributed by atoms with Gasteiger partial charge in [-0.1, -0.05) is 18.2 Å². The van der Waals surface area contributed by atoms with Gasteiger partial charge in [0.05, 0.1) is 0 Å². The van der Waals surface area contributed by atoms with Gasteiger partial charge in [0.15, 0.2) is 0 Å². The molecule has 0 radical (unpaired) electrons. The van der Waals surface area contributed by atoms with Gasteiger partial charge in [0.1, 0.15) is 0 Å². The number of carbonyl (C=O) groups is 2. The van der Waals surface area contributed by atoms with Gasteiger partial charge in [0, 0.05) is 31.2 Å². The van der Waals surface area contributed by atoms with E-state index in [1.165, 1.54) is 0 Å². The zero-order valence-electron chi connectivity index (χ0n) is 9.87. The lowest BCUT2D eigenvalue weighted by Crippen LogP contribution is -2.52. The molecule has 0 saturated carbocycles. The van der Waals surface area contributed by atoms with E-state index >= 15 is 0 Å². The third kappa shape index (κ3) is 2.46. The fourth-order valence-corrected chi connectivity index (χ4v) is 2.08. The smallest absolute Gasteiger partial charge is 0.253 e. The number of nitrogens with zero attached hydrogens (tertiary/aromatic N) is 2. The second-order valence-corrected chi connectivity index (χ2v) is 4.31. The second-order valence-electron chi connectivity index (χ2n) is 4.31. The first-order valence-electron chi connectivity index (χ1n) is 5.77. The van der Waals surface area contributed by atoms with Crippen molar-refractivity contribution in [3.05, 3.63) is 35.9 Å². The Morgan fingerprint density at radius 1 is 1.29 bits per heavy atom. The van der Waals surface area contributed by atoms with Crippen molar-refractivity contribution in [3.63, 3.8) is 0 Å². The quantitative estimate of drug-likeness (QED) is 0.713. The largest absolute Gasteiger partial charge is 0.339 e. The average molecular weight is 232 g/mol. The van der Waals surface area contributed by atoms with Crippen LogP contribution in [0.25, 0.3) is 0 Å². The molecule has 1 saturated heterocycles. The molecule has 0 aromatic heterocycles. The van der Waals surface area contributed by atoms with Crippen LogP contribution in [0, 0.1) is 0 Å². The molecule has 2 amide bonds. The highest BCUT2D eigenvalue weighted by atomic mass is 16.2. The van der Waals surface area contributed by atoms with Gasteiger partial charge in [-0.2, -0.15) is 0 Å². The normalized spacial score (nSPS) is 20.2. The maximum absolute atomic E-state index is 12.2. The highest BCUT2D eigenvalue weighted by Crippen LogP contribution is 2.11. The van der Waals surface area contributed by atoms with Crippen LogP contribution in [-0.4, -0.2) is 47.8 Å². The lowest BCUT2D eigenvalue weighted by Gasteiger charge is -2.37. The fourth-order valence-electron chi connectivity index (χ4n) is 2.08. The number of carbonyl (C=O) groups excluding carboxylic acids is 2. The molecule has 0 N–H and O–H groups in total. The Bertz CT molecular complexity index is 405. The fraction of sp³-hybridized carbons (Fsp3) is 0.385. The molecule has 4 nitrogen and oxygen atoms in total. The van der Waals surface area contributed by atoms with Crippen LogP contribution < -0.4 is 0 Å². The zero-order valence-corrected chi connectivity index (χ0v) is 9.87. The van der Waals surface area contributed by atoms with E-state index in [0.29, 0.717) is 25.2 Å². The highest BCUT2D eigenvalue weighted by Gasteiger charge is 2.25. The van der Waals surface area contributed by atoms with E-state index in [1.54, 1.807) is 9.80 Å². The summed E-state index contributed by atoms with van der Waals surface area (Å²) in [7, 11) is 0. The molecule has 0 spiro atoms. The van der Waals surface area contributed by atoms with Gasteiger partial charge in [-0.3, -0.25) is 9.59 Å². The van der Waals surface area contributed by atoms with E-state index in [2.05, 4.69) is 0 Å². The number of amides is 2. The van der Waals surface area contributed by atoms with Crippen molar-refractivity contribution in [2.45, 2.75) is 13.0 Å². The van der Waals surface area contributed by atoms with Crippen LogP contribution in [0.1, 0.15) is 17.3 Å². The molecule has 4 heteroatoms. The highest BCUT2D eigenvalue weighted by molar-refractivity contribution is 5.94. The summed E-state index contributed by atoms with van der Waals surface area (Å²) >= 11 is 0. The SMILES string of the molecule is CC1CN(C(=O)c2ccccc2)CCN1C=O. The third-order valence-electron chi connectivity index (χ3n) is 3.12. The minimum Gasteiger partial charge on any atom is -0.339 e. The molecule has 1 fully saturated rings. The van der Waals surface area contributed by atoms with Crippen LogP contribution in [0.2, 0.25) is 0 Å². The van der Waals surface area contributed by atoms with Crippen LogP contribution >= 0.6 is 0 Å². The molecule has 2 rings (SSSR count). The van der Waals surface area contributed by atoms with Crippen molar-refractivity contribution >= 4 is 12.3 Å². The van der Waals surface area contributed by atoms with E-state index in [0.717, 1.165) is 6.41 Å². The van der Waals surface area contributed by atoms with Crippen molar-refractivity contribution < 1.29 is 9.59 Å². The maximum Gasteiger partial charge on any atom is 0.253 e. The molecule has 1 atom stereocenters. The predicted octanol–water partition coefficient (Wildman–Crippen LogP) is 0.989. The van der Waals surface area contributed by atoms with Crippen molar-refractivity contribution in [3.8, 4) is 0 Å². The Labute approximate surface area is 101 Å². The Kier molecular flexibility index (Phi) is 3.42. The number of piperazine rings is 1. The lowest BCUT2D eigenvalue weighted by atomic mass is 10.1. The number of rotatable bonds is 2. The maximum atomic E-state index is 12.2. The molecule has 0 aliphatic carbocycles. The minimum absolute atomic E-state index is 0.0444. The number of hydrogen-bond donors (Lipinski definition) is 0. The van der Waals surface area contributed by atoms with Gasteiger partial charge >= 0.3 is 0 Å². The summed E-state index contributed by atoms with van der Waals surface area (Å²) in [6, 6.07) is 9.34. The van der Waals surface area contributed by atoms with Crippen LogP contribution in [0.3, 0.4) is 0 Å². The minimum atomic E-state index is 0.0444. The van der Waals surface area contributed by atoms with E-state index < -0.39 is 0 Å². The van der Waals surface area contributed by atoms with Gasteiger partial charge in [0.2, 0.25) is 6.41 Å². The predicted molar refractivity (Wildman–Crippen MR) is 64.6 cm³/mol. The summed E-state index contributed by atoms with van der Waals surface area (Å²) < 4.78 is 0. The summed E-state index contributed by atoms with van der Waals surface area (Å²) in [6.07, 6.45) is 0.856. The van der Waals surface area contributed by atoms with Crippen molar-refractivity contribution in [1.82, 2.24) is 9.80 Å². The molecule has 90 valence electrons. The standard InChI is InChI=1S/C13H16N2O2/c1-11-9-14(7-8-15(11)10-16)13(17)12-5-3-2-4-6-12/h2-6,10-11H,7-9H2,1H3. The molecule has 1 aromatic carbocycles. The first-order valence-corrected chi connectivity index (χ1v) is 5.77. The summed E-state index contributed by atoms with van der Waals surface area (Å²) in [5, 5.41) is 0. The monoisotopic (exact) mass is 232 g/mol. The number of benzene rings is 1. The summed E-state index contributed by atoms with van der Waals surface area (Å²) in [5.74, 6) is 0.0444. The Morgan fingerprint density at radius 3 is 2.59 bits per heavy atom. The Hall–Kier alpha value is -1.84. The topological polar surface area (TPSA) is 40.6 Å². The van der Waals surface area contributed by atoms with Crippen LogP contribution in [0.15, 0.2) is 30.3 Å². The summed E-state index contributed by atoms with van der Waals surface area (Å²) in [6.45, 7) is 3.78. The third-order valence-corrected chi connectivity index (χ3v) is 3.12. The second kappa shape index (κ2) is 4.99.